The third-order valence-corrected chi connectivity index (χ3v) is 4.54. The van der Waals surface area contributed by atoms with Gasteiger partial charge in [0, 0.05) is 30.9 Å². The van der Waals surface area contributed by atoms with Crippen molar-refractivity contribution in [3.05, 3.63) is 58.8 Å². The van der Waals surface area contributed by atoms with Crippen LogP contribution in [0.1, 0.15) is 21.5 Å². The maximum Gasteiger partial charge on any atom is 0.255 e. The Balaban J connectivity index is 0.00000109. The Morgan fingerprint density at radius 1 is 1.25 bits per heavy atom. The molecule has 28 heavy (non-hydrogen) atoms. The van der Waals surface area contributed by atoms with Gasteiger partial charge in [0.2, 0.25) is 0 Å². The van der Waals surface area contributed by atoms with E-state index in [0.29, 0.717) is 44.1 Å². The molecule has 6 nitrogen and oxygen atoms in total. The molecule has 2 heterocycles. The van der Waals surface area contributed by atoms with Gasteiger partial charge in [0.25, 0.3) is 5.91 Å². The number of nitrogens with one attached hydrogen (secondary N) is 1. The molecule has 1 aliphatic heterocycles. The van der Waals surface area contributed by atoms with E-state index in [4.69, 9.17) is 4.74 Å². The van der Waals surface area contributed by atoms with Gasteiger partial charge in [0.1, 0.15) is 17.5 Å². The summed E-state index contributed by atoms with van der Waals surface area (Å²) in [4.78, 5) is 18.9. The number of rotatable bonds is 3. The van der Waals surface area contributed by atoms with Crippen molar-refractivity contribution in [2.75, 3.05) is 38.7 Å². The van der Waals surface area contributed by atoms with Crippen molar-refractivity contribution in [3.8, 4) is 0 Å². The smallest absolute Gasteiger partial charge is 0.255 e. The van der Waals surface area contributed by atoms with Gasteiger partial charge in [-0.15, -0.1) is 0 Å². The number of carbonyl (C=O) groups is 1. The van der Waals surface area contributed by atoms with E-state index in [0.717, 1.165) is 29.3 Å². The van der Waals surface area contributed by atoms with Gasteiger partial charge in [0.15, 0.2) is 0 Å². The van der Waals surface area contributed by atoms with Crippen LogP contribution in [0, 0.1) is 11.6 Å². The first-order chi connectivity index (χ1) is 13.6. The van der Waals surface area contributed by atoms with Crippen molar-refractivity contribution < 1.29 is 18.3 Å². The molecule has 3 N–H and O–H groups in total. The summed E-state index contributed by atoms with van der Waals surface area (Å²) < 4.78 is 32.6. The van der Waals surface area contributed by atoms with Crippen LogP contribution in [0.3, 0.4) is 0 Å². The van der Waals surface area contributed by atoms with Crippen LogP contribution < -0.4 is 11.1 Å². The summed E-state index contributed by atoms with van der Waals surface area (Å²) in [6.45, 7) is 2.15. The van der Waals surface area contributed by atoms with Crippen molar-refractivity contribution in [3.63, 3.8) is 0 Å². The molecule has 0 unspecified atom stereocenters. The molecule has 2 aliphatic rings. The van der Waals surface area contributed by atoms with E-state index in [2.05, 4.69) is 16.0 Å². The van der Waals surface area contributed by atoms with Crippen LogP contribution >= 0.6 is 0 Å². The Kier molecular flexibility index (Phi) is 6.33. The van der Waals surface area contributed by atoms with Crippen LogP contribution in [0.4, 0.5) is 20.3 Å². The number of hydrogen-bond acceptors (Lipinski definition) is 5. The zero-order valence-electron chi connectivity index (χ0n) is 15.5. The fourth-order valence-corrected chi connectivity index (χ4v) is 3.20. The van der Waals surface area contributed by atoms with Crippen molar-refractivity contribution in [2.45, 2.75) is 6.42 Å². The fourth-order valence-electron chi connectivity index (χ4n) is 3.20. The zero-order chi connectivity index (χ0) is 20.1. The summed E-state index contributed by atoms with van der Waals surface area (Å²) in [5, 5.41) is 2.84. The Hall–Kier alpha value is -2.84. The topological polar surface area (TPSA) is 80.5 Å². The number of hydrogen-bond donors (Lipinski definition) is 2. The lowest BCUT2D eigenvalue weighted by Gasteiger charge is -2.27. The molecular weight excluding hydrogens is 366 g/mol. The number of halogens is 2. The summed E-state index contributed by atoms with van der Waals surface area (Å²) >= 11 is 0. The number of fused-ring (bicyclic) bond motifs is 1. The molecule has 0 bridgehead atoms. The van der Waals surface area contributed by atoms with E-state index in [9.17, 15) is 13.6 Å². The molecular formula is C20H22F2N4O2. The number of benzene rings is 1. The number of morpholine rings is 1. The van der Waals surface area contributed by atoms with E-state index in [1.807, 2.05) is 12.2 Å². The highest BCUT2D eigenvalue weighted by Gasteiger charge is 2.25. The number of nitrogens with two attached hydrogens (primary N) is 1. The third kappa shape index (κ3) is 4.02. The molecule has 0 spiro atoms. The van der Waals surface area contributed by atoms with Crippen molar-refractivity contribution in [1.82, 2.24) is 9.88 Å². The number of nitrogens with zero attached hydrogens (tertiary/aromatic N) is 2. The maximum absolute atomic E-state index is 13.9. The molecule has 148 valence electrons. The summed E-state index contributed by atoms with van der Waals surface area (Å²) in [6.07, 6.45) is 5.88. The zero-order valence-corrected chi connectivity index (χ0v) is 15.5. The lowest BCUT2D eigenvalue weighted by atomic mass is 10.0. The Bertz CT molecular complexity index is 896. The molecule has 1 aliphatic carbocycles. The number of pyridine rings is 1. The first-order valence-corrected chi connectivity index (χ1v) is 8.99. The largest absolute Gasteiger partial charge is 0.378 e. The van der Waals surface area contributed by atoms with Crippen LogP contribution in [-0.2, 0) is 11.2 Å². The van der Waals surface area contributed by atoms with Gasteiger partial charge >= 0.3 is 0 Å². The van der Waals surface area contributed by atoms with E-state index in [1.165, 1.54) is 13.2 Å². The second kappa shape index (κ2) is 8.90. The highest BCUT2D eigenvalue weighted by atomic mass is 19.1. The van der Waals surface area contributed by atoms with Crippen molar-refractivity contribution in [2.24, 2.45) is 5.73 Å². The predicted octanol–water partition coefficient (Wildman–Crippen LogP) is 2.72. The second-order valence-corrected chi connectivity index (χ2v) is 6.17. The summed E-state index contributed by atoms with van der Waals surface area (Å²) in [7, 11) is 1.50. The molecule has 1 fully saturated rings. The number of carbonyl (C=O) groups excluding carboxylic acids is 1. The predicted molar refractivity (Wildman–Crippen MR) is 103 cm³/mol. The summed E-state index contributed by atoms with van der Waals surface area (Å²) in [6, 6.07) is 3.20. The number of ether oxygens (including phenoxy) is 1. The van der Waals surface area contributed by atoms with Crippen LogP contribution in [0.2, 0.25) is 0 Å². The monoisotopic (exact) mass is 388 g/mol. The number of allylic oxidation sites excluding steroid dienone is 1. The van der Waals surface area contributed by atoms with E-state index in [1.54, 1.807) is 4.90 Å². The molecule has 1 aromatic heterocycles. The maximum atomic E-state index is 13.9. The number of anilines is 2. The van der Waals surface area contributed by atoms with E-state index < -0.39 is 11.6 Å². The first kappa shape index (κ1) is 19.9. The molecule has 2 aromatic rings. The van der Waals surface area contributed by atoms with Crippen LogP contribution in [-0.4, -0.2) is 49.1 Å². The first-order valence-electron chi connectivity index (χ1n) is 8.99. The Labute approximate surface area is 162 Å². The molecule has 8 heteroatoms. The highest BCUT2D eigenvalue weighted by molar-refractivity contribution is 5.98. The van der Waals surface area contributed by atoms with Crippen LogP contribution in [0.15, 0.2) is 30.5 Å². The minimum absolute atomic E-state index is 0.00672. The molecule has 0 saturated carbocycles. The van der Waals surface area contributed by atoms with Gasteiger partial charge in [-0.2, -0.15) is 0 Å². The van der Waals surface area contributed by atoms with E-state index in [-0.39, 0.29) is 11.6 Å². The normalized spacial score (nSPS) is 14.9. The van der Waals surface area contributed by atoms with Gasteiger partial charge in [-0.1, -0.05) is 12.2 Å². The third-order valence-electron chi connectivity index (χ3n) is 4.54. The Morgan fingerprint density at radius 2 is 2.00 bits per heavy atom. The average Bonchev–Trinajstić information content (AvgIpc) is 3.23. The summed E-state index contributed by atoms with van der Waals surface area (Å²) in [5.41, 5.74) is 6.62. The minimum atomic E-state index is -0.572. The Morgan fingerprint density at radius 3 is 2.75 bits per heavy atom. The second-order valence-electron chi connectivity index (χ2n) is 6.17. The average molecular weight is 388 g/mol. The van der Waals surface area contributed by atoms with Gasteiger partial charge in [-0.25, -0.2) is 13.8 Å². The molecule has 0 atom stereocenters. The summed E-state index contributed by atoms with van der Waals surface area (Å²) in [5.74, 6) is -0.793. The SMILES string of the molecule is CN.O=C(c1cnc(Nc2cc(F)ccc2F)c2c1CC=C2)N1CCOCC1. The van der Waals surface area contributed by atoms with Gasteiger partial charge < -0.3 is 20.7 Å². The molecule has 1 amide bonds. The highest BCUT2D eigenvalue weighted by Crippen LogP contribution is 2.31. The minimum Gasteiger partial charge on any atom is -0.378 e. The van der Waals surface area contributed by atoms with E-state index >= 15 is 0 Å². The molecule has 4 rings (SSSR count). The number of aromatic nitrogens is 1. The van der Waals surface area contributed by atoms with Gasteiger partial charge in [-0.3, -0.25) is 4.79 Å². The van der Waals surface area contributed by atoms with Gasteiger partial charge in [0.05, 0.1) is 24.5 Å². The lowest BCUT2D eigenvalue weighted by molar-refractivity contribution is 0.0302. The van der Waals surface area contributed by atoms with Gasteiger partial charge in [-0.05, 0) is 31.2 Å². The van der Waals surface area contributed by atoms with Crippen molar-refractivity contribution in [1.29, 1.82) is 0 Å². The van der Waals surface area contributed by atoms with Crippen LogP contribution in [0.5, 0.6) is 0 Å². The quantitative estimate of drug-likeness (QED) is 0.845. The molecule has 1 aromatic carbocycles. The fraction of sp³-hybridized carbons (Fsp3) is 0.300. The molecule has 1 saturated heterocycles. The molecule has 0 radical (unpaired) electrons. The number of amides is 1. The standard InChI is InChI=1S/C19H17F2N3O2.CH5N/c20-12-4-5-16(21)17(10-12)23-18-14-3-1-2-13(14)15(11-22-18)19(25)24-6-8-26-9-7-24;1-2/h1,3-5,10-11H,2,6-9H2,(H,22,23);2H2,1H3. The lowest BCUT2D eigenvalue weighted by Crippen LogP contribution is -2.41. The van der Waals surface area contributed by atoms with Crippen LogP contribution in [0.25, 0.3) is 6.08 Å². The van der Waals surface area contributed by atoms with Crippen molar-refractivity contribution >= 4 is 23.5 Å².